The van der Waals surface area contributed by atoms with Crippen molar-refractivity contribution >= 4 is 29.5 Å². The van der Waals surface area contributed by atoms with Crippen LogP contribution in [0.4, 0.5) is 38.7 Å². The zero-order valence-corrected chi connectivity index (χ0v) is 20.7. The van der Waals surface area contributed by atoms with Gasteiger partial charge in [-0.2, -0.15) is 4.99 Å². The molecule has 1 saturated heterocycles. The molecule has 3 amide bonds. The van der Waals surface area contributed by atoms with Gasteiger partial charge in [-0.25, -0.2) is 37.0 Å². The number of primary amides is 1. The highest BCUT2D eigenvalue weighted by Crippen LogP contribution is 2.33. The molecule has 0 spiro atoms. The van der Waals surface area contributed by atoms with Crippen molar-refractivity contribution in [3.63, 3.8) is 0 Å². The number of rotatable bonds is 5. The molecule has 1 aromatic heterocycles. The van der Waals surface area contributed by atoms with Gasteiger partial charge in [-0.15, -0.1) is 0 Å². The number of halogens is 4. The summed E-state index contributed by atoms with van der Waals surface area (Å²) in [6.07, 6.45) is -0.930. The largest absolute Gasteiger partial charge is 0.443 e. The first-order valence-corrected chi connectivity index (χ1v) is 11.7. The third-order valence-electron chi connectivity index (χ3n) is 5.83. The zero-order chi connectivity index (χ0) is 28.1. The number of carbonyl (C=O) groups is 2. The lowest BCUT2D eigenvalue weighted by atomic mass is 10.1. The fraction of sp³-hybridized carbons (Fsp3) is 0.231. The van der Waals surface area contributed by atoms with Crippen LogP contribution in [0.25, 0.3) is 11.3 Å². The SMILES string of the molecule is C/C(=N\C(=O)OCc1ccc(N(C(N)=O)c2c(F)cccc2F)nc1-c1ccc(F)cc1F)N1CCOCC1. The summed E-state index contributed by atoms with van der Waals surface area (Å²) in [4.78, 5) is 35.1. The van der Waals surface area contributed by atoms with Crippen molar-refractivity contribution < 1.29 is 36.6 Å². The maximum absolute atomic E-state index is 14.8. The molecule has 1 aliphatic heterocycles. The van der Waals surface area contributed by atoms with Crippen molar-refractivity contribution in [2.45, 2.75) is 13.5 Å². The van der Waals surface area contributed by atoms with Gasteiger partial charge >= 0.3 is 12.1 Å². The number of anilines is 2. The summed E-state index contributed by atoms with van der Waals surface area (Å²) < 4.78 is 67.9. The lowest BCUT2D eigenvalue weighted by Gasteiger charge is -2.27. The van der Waals surface area contributed by atoms with Gasteiger partial charge in [-0.3, -0.25) is 0 Å². The number of morpholine rings is 1. The fourth-order valence-electron chi connectivity index (χ4n) is 3.94. The number of hydrogen-bond donors (Lipinski definition) is 1. The van der Waals surface area contributed by atoms with E-state index in [0.29, 0.717) is 43.1 Å². The molecule has 9 nitrogen and oxygen atoms in total. The van der Waals surface area contributed by atoms with Crippen LogP contribution in [0.2, 0.25) is 0 Å². The highest BCUT2D eigenvalue weighted by molar-refractivity contribution is 5.98. The topological polar surface area (TPSA) is 110 Å². The predicted octanol–water partition coefficient (Wildman–Crippen LogP) is 4.91. The third kappa shape index (κ3) is 6.32. The maximum atomic E-state index is 14.8. The Kier molecular flexibility index (Phi) is 8.39. The van der Waals surface area contributed by atoms with Gasteiger partial charge in [0.05, 0.1) is 18.9 Å². The summed E-state index contributed by atoms with van der Waals surface area (Å²) in [5.74, 6) is -4.02. The molecule has 13 heteroatoms. The van der Waals surface area contributed by atoms with Crippen LogP contribution >= 0.6 is 0 Å². The van der Waals surface area contributed by atoms with E-state index in [1.807, 2.05) is 4.90 Å². The van der Waals surface area contributed by atoms with Crippen molar-refractivity contribution in [3.8, 4) is 11.3 Å². The van der Waals surface area contributed by atoms with Crippen LogP contribution < -0.4 is 10.6 Å². The van der Waals surface area contributed by atoms with Gasteiger partial charge in [0.2, 0.25) is 0 Å². The van der Waals surface area contributed by atoms with Crippen LogP contribution in [0.5, 0.6) is 0 Å². The van der Waals surface area contributed by atoms with Crippen molar-refractivity contribution in [1.29, 1.82) is 0 Å². The number of para-hydroxylation sites is 1. The number of hydrogen-bond acceptors (Lipinski definition) is 5. The normalized spacial score (nSPS) is 13.8. The van der Waals surface area contributed by atoms with Crippen LogP contribution in [0.3, 0.4) is 0 Å². The molecule has 1 aliphatic rings. The van der Waals surface area contributed by atoms with Crippen LogP contribution in [-0.2, 0) is 16.1 Å². The second-order valence-corrected chi connectivity index (χ2v) is 8.36. The van der Waals surface area contributed by atoms with E-state index in [4.69, 9.17) is 15.2 Å². The van der Waals surface area contributed by atoms with E-state index in [1.165, 1.54) is 12.1 Å². The first kappa shape index (κ1) is 27.5. The molecule has 0 atom stereocenters. The second-order valence-electron chi connectivity index (χ2n) is 8.36. The average Bonchev–Trinajstić information content (AvgIpc) is 2.90. The van der Waals surface area contributed by atoms with Crippen molar-refractivity contribution in [1.82, 2.24) is 9.88 Å². The zero-order valence-electron chi connectivity index (χ0n) is 20.7. The number of ether oxygens (including phenoxy) is 2. The first-order valence-electron chi connectivity index (χ1n) is 11.7. The molecule has 1 fully saturated rings. The Hall–Kier alpha value is -4.52. The number of amidine groups is 1. The molecule has 204 valence electrons. The summed E-state index contributed by atoms with van der Waals surface area (Å²) in [5.41, 5.74) is 4.34. The van der Waals surface area contributed by atoms with Gasteiger partial charge in [-0.1, -0.05) is 6.07 Å². The first-order chi connectivity index (χ1) is 18.7. The van der Waals surface area contributed by atoms with E-state index in [1.54, 1.807) is 6.92 Å². The highest BCUT2D eigenvalue weighted by atomic mass is 19.1. The molecule has 0 bridgehead atoms. The highest BCUT2D eigenvalue weighted by Gasteiger charge is 2.26. The molecular weight excluding hydrogens is 522 g/mol. The summed E-state index contributed by atoms with van der Waals surface area (Å²) in [5, 5.41) is 0. The molecule has 0 radical (unpaired) electrons. The number of nitrogens with zero attached hydrogens (tertiary/aromatic N) is 4. The molecule has 39 heavy (non-hydrogen) atoms. The number of aliphatic imine (C=N–C) groups is 1. The Morgan fingerprint density at radius 3 is 2.38 bits per heavy atom. The Balaban J connectivity index is 1.70. The van der Waals surface area contributed by atoms with Gasteiger partial charge in [0.25, 0.3) is 0 Å². The lowest BCUT2D eigenvalue weighted by molar-refractivity contribution is 0.0675. The monoisotopic (exact) mass is 545 g/mol. The summed E-state index contributed by atoms with van der Waals surface area (Å²) in [6.45, 7) is 3.30. The molecule has 2 aromatic carbocycles. The number of aromatic nitrogens is 1. The predicted molar refractivity (Wildman–Crippen MR) is 133 cm³/mol. The van der Waals surface area contributed by atoms with Crippen LogP contribution in [0.15, 0.2) is 53.5 Å². The lowest BCUT2D eigenvalue weighted by Crippen LogP contribution is -2.39. The van der Waals surface area contributed by atoms with E-state index >= 15 is 0 Å². The Morgan fingerprint density at radius 2 is 1.74 bits per heavy atom. The van der Waals surface area contributed by atoms with Crippen molar-refractivity contribution in [2.24, 2.45) is 10.7 Å². The Morgan fingerprint density at radius 1 is 1.05 bits per heavy atom. The molecule has 0 saturated carbocycles. The van der Waals surface area contributed by atoms with E-state index in [-0.39, 0.29) is 22.6 Å². The van der Waals surface area contributed by atoms with Gasteiger partial charge < -0.3 is 20.1 Å². The minimum Gasteiger partial charge on any atom is -0.443 e. The molecule has 2 heterocycles. The standard InChI is InChI=1S/C26H23F4N5O4/c1-15(34-9-11-38-12-10-34)32-26(37)39-14-16-5-8-22(33-23(16)18-7-6-17(27)13-21(18)30)35(25(31)36)24-19(28)3-2-4-20(24)29/h2-8,13H,9-12,14H2,1H3,(H2,31,36)/b32-15+. The number of amides is 3. The van der Waals surface area contributed by atoms with E-state index in [9.17, 15) is 27.2 Å². The maximum Gasteiger partial charge on any atom is 0.435 e. The minimum atomic E-state index is -1.27. The third-order valence-corrected chi connectivity index (χ3v) is 5.83. The molecule has 0 unspecified atom stereocenters. The quantitative estimate of drug-likeness (QED) is 0.277. The second kappa shape index (κ2) is 11.9. The van der Waals surface area contributed by atoms with E-state index < -0.39 is 47.7 Å². The number of benzene rings is 2. The number of nitrogens with two attached hydrogens (primary N) is 1. The molecular formula is C26H23F4N5O4. The molecule has 0 aliphatic carbocycles. The number of pyridine rings is 1. The molecule has 2 N–H and O–H groups in total. The van der Waals surface area contributed by atoms with Crippen molar-refractivity contribution in [3.05, 3.63) is 77.4 Å². The molecule has 3 aromatic rings. The summed E-state index contributed by atoms with van der Waals surface area (Å²) in [7, 11) is 0. The fourth-order valence-corrected chi connectivity index (χ4v) is 3.94. The molecule has 4 rings (SSSR count). The Bertz CT molecular complexity index is 1410. The number of carbonyl (C=O) groups excluding carboxylic acids is 2. The summed E-state index contributed by atoms with van der Waals surface area (Å²) in [6, 6.07) is 6.82. The van der Waals surface area contributed by atoms with Gasteiger partial charge in [0.15, 0.2) is 0 Å². The van der Waals surface area contributed by atoms with Crippen LogP contribution in [0.1, 0.15) is 12.5 Å². The van der Waals surface area contributed by atoms with Gasteiger partial charge in [0.1, 0.15) is 47.2 Å². The van der Waals surface area contributed by atoms with E-state index in [0.717, 1.165) is 30.3 Å². The van der Waals surface area contributed by atoms with Gasteiger partial charge in [-0.05, 0) is 43.3 Å². The van der Waals surface area contributed by atoms with Crippen molar-refractivity contribution in [2.75, 3.05) is 31.2 Å². The van der Waals surface area contributed by atoms with Crippen LogP contribution in [-0.4, -0.2) is 54.1 Å². The Labute approximate surface area is 220 Å². The average molecular weight is 545 g/mol. The van der Waals surface area contributed by atoms with Gasteiger partial charge in [0, 0.05) is 30.3 Å². The van der Waals surface area contributed by atoms with Crippen LogP contribution in [0, 0.1) is 23.3 Å². The van der Waals surface area contributed by atoms with E-state index in [2.05, 4.69) is 9.98 Å². The minimum absolute atomic E-state index is 0.134. The summed E-state index contributed by atoms with van der Waals surface area (Å²) >= 11 is 0. The number of urea groups is 1. The smallest absolute Gasteiger partial charge is 0.435 e.